The Labute approximate surface area is 106 Å². The summed E-state index contributed by atoms with van der Waals surface area (Å²) in [6, 6.07) is 6.70. The number of nitro groups is 1. The first-order chi connectivity index (χ1) is 8.64. The monoisotopic (exact) mass is 250 g/mol. The maximum Gasteiger partial charge on any atom is 0.272 e. The van der Waals surface area contributed by atoms with Crippen LogP contribution in [0, 0.1) is 15.5 Å². The summed E-state index contributed by atoms with van der Waals surface area (Å²) in [4.78, 5) is 10.7. The zero-order valence-electron chi connectivity index (χ0n) is 10.2. The van der Waals surface area contributed by atoms with Crippen LogP contribution in [0.4, 0.5) is 5.69 Å². The van der Waals surface area contributed by atoms with Crippen LogP contribution in [0.2, 0.25) is 0 Å². The fourth-order valence-corrected chi connectivity index (χ4v) is 2.90. The van der Waals surface area contributed by atoms with Crippen LogP contribution in [0.1, 0.15) is 30.7 Å². The Bertz CT molecular complexity index is 438. The molecule has 5 heteroatoms. The first-order valence-corrected chi connectivity index (χ1v) is 6.19. The molecule has 0 aliphatic heterocycles. The normalized spacial score (nSPS) is 19.0. The number of aliphatic hydroxyl groups excluding tert-OH is 1. The maximum atomic E-state index is 11.1. The van der Waals surface area contributed by atoms with Gasteiger partial charge in [-0.1, -0.05) is 24.6 Å². The Morgan fingerprint density at radius 1 is 1.44 bits per heavy atom. The van der Waals surface area contributed by atoms with Gasteiger partial charge in [-0.05, 0) is 12.8 Å². The van der Waals surface area contributed by atoms with Gasteiger partial charge in [0.15, 0.2) is 0 Å². The molecule has 1 aliphatic rings. The highest BCUT2D eigenvalue weighted by Crippen LogP contribution is 2.52. The van der Waals surface area contributed by atoms with Crippen molar-refractivity contribution in [2.75, 3.05) is 13.2 Å². The van der Waals surface area contributed by atoms with E-state index in [0.29, 0.717) is 12.1 Å². The number of nitro benzene ring substituents is 1. The standard InChI is InChI=1S/C13H18N2O3/c14-8-11(13(9-16)6-3-7-13)10-4-1-2-5-12(10)15(17)18/h1-2,4-5,11,16H,3,6-9,14H2/t11-/m1/s1. The van der Waals surface area contributed by atoms with E-state index in [2.05, 4.69) is 0 Å². The van der Waals surface area contributed by atoms with Crippen LogP contribution >= 0.6 is 0 Å². The van der Waals surface area contributed by atoms with Gasteiger partial charge in [-0.15, -0.1) is 0 Å². The highest BCUT2D eigenvalue weighted by Gasteiger charge is 2.45. The van der Waals surface area contributed by atoms with Gasteiger partial charge in [0.2, 0.25) is 0 Å². The van der Waals surface area contributed by atoms with Crippen LogP contribution in [-0.2, 0) is 0 Å². The van der Waals surface area contributed by atoms with E-state index in [4.69, 9.17) is 5.73 Å². The van der Waals surface area contributed by atoms with Gasteiger partial charge in [-0.25, -0.2) is 0 Å². The zero-order valence-corrected chi connectivity index (χ0v) is 10.2. The minimum absolute atomic E-state index is 0.0426. The van der Waals surface area contributed by atoms with E-state index in [9.17, 15) is 15.2 Å². The molecule has 98 valence electrons. The summed E-state index contributed by atoms with van der Waals surface area (Å²) in [5.41, 5.74) is 6.30. The number of hydrogen-bond donors (Lipinski definition) is 2. The molecule has 0 bridgehead atoms. The Kier molecular flexibility index (Phi) is 3.63. The molecule has 1 saturated carbocycles. The third-order valence-corrected chi connectivity index (χ3v) is 4.15. The quantitative estimate of drug-likeness (QED) is 0.616. The molecule has 0 saturated heterocycles. The second-order valence-electron chi connectivity index (χ2n) is 4.98. The number of hydrogen-bond acceptors (Lipinski definition) is 4. The van der Waals surface area contributed by atoms with Crippen molar-refractivity contribution in [3.05, 3.63) is 39.9 Å². The lowest BCUT2D eigenvalue weighted by Crippen LogP contribution is -2.42. The molecule has 1 aromatic carbocycles. The van der Waals surface area contributed by atoms with Crippen molar-refractivity contribution in [2.24, 2.45) is 11.1 Å². The van der Waals surface area contributed by atoms with Crippen molar-refractivity contribution < 1.29 is 10.0 Å². The van der Waals surface area contributed by atoms with Gasteiger partial charge in [0.1, 0.15) is 0 Å². The molecule has 18 heavy (non-hydrogen) atoms. The summed E-state index contributed by atoms with van der Waals surface area (Å²) < 4.78 is 0. The van der Waals surface area contributed by atoms with Crippen LogP contribution in [0.15, 0.2) is 24.3 Å². The Balaban J connectivity index is 2.42. The minimum atomic E-state index is -0.373. The van der Waals surface area contributed by atoms with Gasteiger partial charge < -0.3 is 10.8 Å². The molecule has 5 nitrogen and oxygen atoms in total. The molecule has 0 heterocycles. The van der Waals surface area contributed by atoms with Crippen molar-refractivity contribution in [3.8, 4) is 0 Å². The Morgan fingerprint density at radius 3 is 2.56 bits per heavy atom. The van der Waals surface area contributed by atoms with Gasteiger partial charge >= 0.3 is 0 Å². The van der Waals surface area contributed by atoms with Gasteiger partial charge in [0, 0.05) is 36.1 Å². The largest absolute Gasteiger partial charge is 0.396 e. The average Bonchev–Trinajstić information content (AvgIpc) is 2.33. The smallest absolute Gasteiger partial charge is 0.272 e. The molecule has 0 spiro atoms. The number of rotatable bonds is 5. The molecular formula is C13H18N2O3. The first-order valence-electron chi connectivity index (χ1n) is 6.19. The van der Waals surface area contributed by atoms with Crippen LogP contribution in [0.25, 0.3) is 0 Å². The van der Waals surface area contributed by atoms with Crippen LogP contribution in [-0.4, -0.2) is 23.2 Å². The summed E-state index contributed by atoms with van der Waals surface area (Å²) in [5.74, 6) is -0.141. The molecule has 1 aliphatic carbocycles. The molecule has 0 aromatic heterocycles. The van der Waals surface area contributed by atoms with Gasteiger partial charge in [0.25, 0.3) is 5.69 Å². The summed E-state index contributed by atoms with van der Waals surface area (Å²) in [6.07, 6.45) is 2.83. The van der Waals surface area contributed by atoms with Crippen molar-refractivity contribution >= 4 is 5.69 Å². The molecule has 0 amide bonds. The number of aliphatic hydroxyl groups is 1. The number of para-hydroxylation sites is 1. The highest BCUT2D eigenvalue weighted by atomic mass is 16.6. The number of benzene rings is 1. The molecule has 3 N–H and O–H groups in total. The van der Waals surface area contributed by atoms with Crippen LogP contribution < -0.4 is 5.73 Å². The topological polar surface area (TPSA) is 89.4 Å². The van der Waals surface area contributed by atoms with E-state index in [-0.39, 0.29) is 28.6 Å². The van der Waals surface area contributed by atoms with E-state index < -0.39 is 0 Å². The molecule has 0 radical (unpaired) electrons. The van der Waals surface area contributed by atoms with Gasteiger partial charge in [-0.2, -0.15) is 0 Å². The molecule has 0 unspecified atom stereocenters. The lowest BCUT2D eigenvalue weighted by atomic mass is 9.59. The van der Waals surface area contributed by atoms with Gasteiger partial charge in [0.05, 0.1) is 4.92 Å². The summed E-state index contributed by atoms with van der Waals surface area (Å²) in [7, 11) is 0. The maximum absolute atomic E-state index is 11.1. The van der Waals surface area contributed by atoms with Crippen molar-refractivity contribution in [1.82, 2.24) is 0 Å². The Morgan fingerprint density at radius 2 is 2.11 bits per heavy atom. The average molecular weight is 250 g/mol. The van der Waals surface area contributed by atoms with Crippen molar-refractivity contribution in [1.29, 1.82) is 0 Å². The van der Waals surface area contributed by atoms with E-state index in [1.54, 1.807) is 18.2 Å². The van der Waals surface area contributed by atoms with E-state index in [0.717, 1.165) is 19.3 Å². The third-order valence-electron chi connectivity index (χ3n) is 4.15. The third kappa shape index (κ3) is 2.00. The van der Waals surface area contributed by atoms with Gasteiger partial charge in [-0.3, -0.25) is 10.1 Å². The second-order valence-corrected chi connectivity index (χ2v) is 4.98. The van der Waals surface area contributed by atoms with Crippen molar-refractivity contribution in [3.63, 3.8) is 0 Å². The highest BCUT2D eigenvalue weighted by molar-refractivity contribution is 5.44. The number of nitrogens with zero attached hydrogens (tertiary/aromatic N) is 1. The fraction of sp³-hybridized carbons (Fsp3) is 0.538. The van der Waals surface area contributed by atoms with Crippen LogP contribution in [0.5, 0.6) is 0 Å². The summed E-state index contributed by atoms with van der Waals surface area (Å²) >= 11 is 0. The fourth-order valence-electron chi connectivity index (χ4n) is 2.90. The predicted octanol–water partition coefficient (Wildman–Crippen LogP) is 1.80. The van der Waals surface area contributed by atoms with Crippen molar-refractivity contribution in [2.45, 2.75) is 25.2 Å². The first kappa shape index (κ1) is 13.0. The summed E-state index contributed by atoms with van der Waals surface area (Å²) in [5, 5.41) is 20.7. The molecule has 1 atom stereocenters. The Hall–Kier alpha value is -1.46. The zero-order chi connectivity index (χ0) is 13.2. The molecule has 1 aromatic rings. The van der Waals surface area contributed by atoms with E-state index >= 15 is 0 Å². The molecular weight excluding hydrogens is 232 g/mol. The minimum Gasteiger partial charge on any atom is -0.396 e. The summed E-state index contributed by atoms with van der Waals surface area (Å²) in [6.45, 7) is 0.367. The SMILES string of the molecule is NC[C@H](c1ccccc1[N+](=O)[O-])C1(CO)CCC1. The lowest BCUT2D eigenvalue weighted by Gasteiger charge is -2.46. The molecule has 2 rings (SSSR count). The van der Waals surface area contributed by atoms with E-state index in [1.807, 2.05) is 0 Å². The second kappa shape index (κ2) is 5.04. The molecule has 1 fully saturated rings. The predicted molar refractivity (Wildman–Crippen MR) is 68.3 cm³/mol. The van der Waals surface area contributed by atoms with Crippen LogP contribution in [0.3, 0.4) is 0 Å². The van der Waals surface area contributed by atoms with E-state index in [1.165, 1.54) is 6.07 Å². The lowest BCUT2D eigenvalue weighted by molar-refractivity contribution is -0.386. The number of nitrogens with two attached hydrogens (primary N) is 1.